The van der Waals surface area contributed by atoms with Gasteiger partial charge in [-0.15, -0.1) is 0 Å². The van der Waals surface area contributed by atoms with Crippen molar-refractivity contribution in [3.8, 4) is 0 Å². The molecule has 0 aliphatic heterocycles. The van der Waals surface area contributed by atoms with Crippen LogP contribution in [-0.2, 0) is 0 Å². The molecule has 0 N–H and O–H groups in total. The summed E-state index contributed by atoms with van der Waals surface area (Å²) in [6, 6.07) is 0. The van der Waals surface area contributed by atoms with E-state index in [2.05, 4.69) is 26.5 Å². The first kappa shape index (κ1) is 8.32. The van der Waals surface area contributed by atoms with Gasteiger partial charge in [-0.1, -0.05) is 36.0 Å². The minimum Gasteiger partial charge on any atom is -0.0991 e. The Balaban J connectivity index is 2.60. The lowest BCUT2D eigenvalue weighted by Gasteiger charge is -1.99. The highest BCUT2D eigenvalue weighted by Crippen LogP contribution is 2.37. The third-order valence-corrected chi connectivity index (χ3v) is 2.29. The summed E-state index contributed by atoms with van der Waals surface area (Å²) in [6.07, 6.45) is 8.75. The molecule has 0 aromatic rings. The lowest BCUT2D eigenvalue weighted by molar-refractivity contribution is 0.984. The van der Waals surface area contributed by atoms with Gasteiger partial charge in [-0.25, -0.2) is 0 Å². The van der Waals surface area contributed by atoms with Crippen molar-refractivity contribution in [2.45, 2.75) is 26.7 Å². The molecule has 0 saturated heterocycles. The lowest BCUT2D eigenvalue weighted by atomic mass is 10.1. The SMILES string of the molecule is C=C/C=C\C(C)=C(/C)C1CC1. The maximum Gasteiger partial charge on any atom is -0.0200 e. The second-order valence-corrected chi connectivity index (χ2v) is 3.24. The van der Waals surface area contributed by atoms with Crippen LogP contribution < -0.4 is 0 Å². The summed E-state index contributed by atoms with van der Waals surface area (Å²) in [7, 11) is 0. The Hall–Kier alpha value is -0.780. The molecule has 0 spiro atoms. The van der Waals surface area contributed by atoms with Crippen molar-refractivity contribution < 1.29 is 0 Å². The molecule has 1 aliphatic carbocycles. The topological polar surface area (TPSA) is 0 Å². The van der Waals surface area contributed by atoms with Gasteiger partial charge >= 0.3 is 0 Å². The van der Waals surface area contributed by atoms with E-state index in [1.807, 2.05) is 12.2 Å². The third kappa shape index (κ3) is 2.38. The Kier molecular flexibility index (Phi) is 2.70. The predicted molar refractivity (Wildman–Crippen MR) is 50.4 cm³/mol. The Morgan fingerprint density at radius 3 is 2.45 bits per heavy atom. The first-order chi connectivity index (χ1) is 5.25. The molecule has 1 aliphatic rings. The van der Waals surface area contributed by atoms with E-state index in [1.165, 1.54) is 18.4 Å². The maximum absolute atomic E-state index is 3.64. The van der Waals surface area contributed by atoms with Gasteiger partial charge in [0.1, 0.15) is 0 Å². The van der Waals surface area contributed by atoms with Crippen molar-refractivity contribution in [3.05, 3.63) is 36.0 Å². The molecule has 60 valence electrons. The van der Waals surface area contributed by atoms with Gasteiger partial charge in [0.15, 0.2) is 0 Å². The Morgan fingerprint density at radius 2 is 2.00 bits per heavy atom. The lowest BCUT2D eigenvalue weighted by Crippen LogP contribution is -1.82. The minimum atomic E-state index is 0.893. The van der Waals surface area contributed by atoms with Gasteiger partial charge in [-0.3, -0.25) is 0 Å². The third-order valence-electron chi connectivity index (χ3n) is 2.29. The van der Waals surface area contributed by atoms with E-state index in [9.17, 15) is 0 Å². The Bertz CT molecular complexity index is 202. The minimum absolute atomic E-state index is 0.893. The Labute approximate surface area is 69.3 Å². The van der Waals surface area contributed by atoms with E-state index in [1.54, 1.807) is 5.57 Å². The zero-order valence-corrected chi connectivity index (χ0v) is 7.43. The highest BCUT2D eigenvalue weighted by Gasteiger charge is 2.23. The zero-order chi connectivity index (χ0) is 8.27. The van der Waals surface area contributed by atoms with Gasteiger partial charge in [-0.2, -0.15) is 0 Å². The molecule has 0 nitrogen and oxygen atoms in total. The maximum atomic E-state index is 3.64. The molecule has 1 fully saturated rings. The van der Waals surface area contributed by atoms with E-state index in [4.69, 9.17) is 0 Å². The molecule has 1 saturated carbocycles. The predicted octanol–water partition coefficient (Wildman–Crippen LogP) is 3.48. The van der Waals surface area contributed by atoms with Crippen LogP contribution in [0.2, 0.25) is 0 Å². The summed E-state index contributed by atoms with van der Waals surface area (Å²) in [5, 5.41) is 0. The molecular formula is C11H16. The van der Waals surface area contributed by atoms with E-state index in [0.717, 1.165) is 5.92 Å². The van der Waals surface area contributed by atoms with E-state index in [0.29, 0.717) is 0 Å². The standard InChI is InChI=1S/C11H16/c1-4-5-6-9(2)10(3)11-7-8-11/h4-6,11H,1,7-8H2,2-3H3/b6-5-,10-9+. The highest BCUT2D eigenvalue weighted by molar-refractivity contribution is 5.27. The molecule has 0 unspecified atom stereocenters. The molecule has 0 radical (unpaired) electrons. The van der Waals surface area contributed by atoms with Gasteiger partial charge in [0, 0.05) is 0 Å². The molecule has 1 rings (SSSR count). The van der Waals surface area contributed by atoms with Crippen molar-refractivity contribution >= 4 is 0 Å². The summed E-state index contributed by atoms with van der Waals surface area (Å²) >= 11 is 0. The van der Waals surface area contributed by atoms with Crippen molar-refractivity contribution in [2.24, 2.45) is 5.92 Å². The van der Waals surface area contributed by atoms with E-state index >= 15 is 0 Å². The number of hydrogen-bond donors (Lipinski definition) is 0. The van der Waals surface area contributed by atoms with Crippen LogP contribution in [-0.4, -0.2) is 0 Å². The summed E-state index contributed by atoms with van der Waals surface area (Å²) in [4.78, 5) is 0. The molecule has 0 heterocycles. The summed E-state index contributed by atoms with van der Waals surface area (Å²) in [5.74, 6) is 0.893. The smallest absolute Gasteiger partial charge is 0.0200 e. The van der Waals surface area contributed by atoms with Crippen molar-refractivity contribution in [1.82, 2.24) is 0 Å². The molecule has 0 aromatic heterocycles. The second-order valence-electron chi connectivity index (χ2n) is 3.24. The summed E-state index contributed by atoms with van der Waals surface area (Å²) in [5.41, 5.74) is 2.97. The van der Waals surface area contributed by atoms with Crippen LogP contribution in [0.25, 0.3) is 0 Å². The van der Waals surface area contributed by atoms with Crippen LogP contribution in [0, 0.1) is 5.92 Å². The molecule has 0 heteroatoms. The molecule has 0 amide bonds. The van der Waals surface area contributed by atoms with E-state index in [-0.39, 0.29) is 0 Å². The molecule has 11 heavy (non-hydrogen) atoms. The average Bonchev–Trinajstić information content (AvgIpc) is 2.81. The molecular weight excluding hydrogens is 132 g/mol. The number of hydrogen-bond acceptors (Lipinski definition) is 0. The fourth-order valence-electron chi connectivity index (χ4n) is 1.18. The molecule has 0 aromatic carbocycles. The molecule has 0 atom stereocenters. The van der Waals surface area contributed by atoms with Crippen LogP contribution in [0.3, 0.4) is 0 Å². The van der Waals surface area contributed by atoms with E-state index < -0.39 is 0 Å². The molecule has 0 bridgehead atoms. The summed E-state index contributed by atoms with van der Waals surface area (Å²) < 4.78 is 0. The van der Waals surface area contributed by atoms with Crippen LogP contribution in [0.5, 0.6) is 0 Å². The average molecular weight is 148 g/mol. The second kappa shape index (κ2) is 3.56. The summed E-state index contributed by atoms with van der Waals surface area (Å²) in [6.45, 7) is 8.05. The van der Waals surface area contributed by atoms with Crippen LogP contribution in [0.1, 0.15) is 26.7 Å². The quantitative estimate of drug-likeness (QED) is 0.537. The Morgan fingerprint density at radius 1 is 1.36 bits per heavy atom. The first-order valence-corrected chi connectivity index (χ1v) is 4.22. The fourth-order valence-corrected chi connectivity index (χ4v) is 1.18. The number of allylic oxidation sites excluding steroid dienone is 5. The van der Waals surface area contributed by atoms with Gasteiger partial charge < -0.3 is 0 Å². The largest absolute Gasteiger partial charge is 0.0991 e. The van der Waals surface area contributed by atoms with Crippen LogP contribution >= 0.6 is 0 Å². The van der Waals surface area contributed by atoms with Gasteiger partial charge in [-0.05, 0) is 32.6 Å². The van der Waals surface area contributed by atoms with Gasteiger partial charge in [0.05, 0.1) is 0 Å². The van der Waals surface area contributed by atoms with Crippen LogP contribution in [0.4, 0.5) is 0 Å². The normalized spacial score (nSPS) is 20.2. The van der Waals surface area contributed by atoms with Crippen molar-refractivity contribution in [1.29, 1.82) is 0 Å². The highest BCUT2D eigenvalue weighted by atomic mass is 14.3. The van der Waals surface area contributed by atoms with Crippen molar-refractivity contribution in [3.63, 3.8) is 0 Å². The van der Waals surface area contributed by atoms with Crippen LogP contribution in [0.15, 0.2) is 36.0 Å². The monoisotopic (exact) mass is 148 g/mol. The fraction of sp³-hybridized carbons (Fsp3) is 0.455. The number of rotatable bonds is 3. The van der Waals surface area contributed by atoms with Gasteiger partial charge in [0.25, 0.3) is 0 Å². The van der Waals surface area contributed by atoms with Gasteiger partial charge in [0.2, 0.25) is 0 Å². The van der Waals surface area contributed by atoms with Crippen molar-refractivity contribution in [2.75, 3.05) is 0 Å². The first-order valence-electron chi connectivity index (χ1n) is 4.22. The zero-order valence-electron chi connectivity index (χ0n) is 7.43.